The van der Waals surface area contributed by atoms with E-state index in [0.717, 1.165) is 42.8 Å². The molecule has 2 aromatic rings. The highest BCUT2D eigenvalue weighted by atomic mass is 35.5. The molecule has 1 fully saturated rings. The predicted octanol–water partition coefficient (Wildman–Crippen LogP) is 4.20. The molecule has 2 heterocycles. The first kappa shape index (κ1) is 17.7. The Morgan fingerprint density at radius 2 is 2.20 bits per heavy atom. The Labute approximate surface area is 152 Å². The van der Waals surface area contributed by atoms with Crippen LogP contribution in [0.15, 0.2) is 30.5 Å². The van der Waals surface area contributed by atoms with Crippen LogP contribution in [-0.2, 0) is 4.74 Å². The Kier molecular flexibility index (Phi) is 5.56. The highest BCUT2D eigenvalue weighted by molar-refractivity contribution is 6.34. The maximum Gasteiger partial charge on any atom is 0.274 e. The predicted molar refractivity (Wildman–Crippen MR) is 101 cm³/mol. The maximum atomic E-state index is 12.5. The van der Waals surface area contributed by atoms with Crippen LogP contribution in [0, 0.1) is 13.8 Å². The van der Waals surface area contributed by atoms with Crippen LogP contribution in [0.1, 0.15) is 34.5 Å². The first-order chi connectivity index (χ1) is 12.0. The van der Waals surface area contributed by atoms with Gasteiger partial charge in [0, 0.05) is 25.0 Å². The van der Waals surface area contributed by atoms with Gasteiger partial charge in [-0.2, -0.15) is 0 Å². The minimum absolute atomic E-state index is 0.236. The van der Waals surface area contributed by atoms with E-state index in [2.05, 4.69) is 15.6 Å². The standard InChI is InChI=1S/C19H22ClN3O2/c1-12-8-13(2)18(16(20)9-12)23-19(24)17-10-14(5-6-21-17)22-11-15-4-3-7-25-15/h5-6,8-10,15H,3-4,7,11H2,1-2H3,(H,21,22)(H,23,24). The van der Waals surface area contributed by atoms with Crippen LogP contribution in [0.2, 0.25) is 5.02 Å². The van der Waals surface area contributed by atoms with Gasteiger partial charge in [-0.3, -0.25) is 9.78 Å². The van der Waals surface area contributed by atoms with Crippen LogP contribution in [0.3, 0.4) is 0 Å². The summed E-state index contributed by atoms with van der Waals surface area (Å²) in [7, 11) is 0. The van der Waals surface area contributed by atoms with Crippen molar-refractivity contribution in [2.75, 3.05) is 23.8 Å². The van der Waals surface area contributed by atoms with Crippen molar-refractivity contribution in [1.82, 2.24) is 4.98 Å². The molecule has 0 bridgehead atoms. The molecule has 1 atom stereocenters. The van der Waals surface area contributed by atoms with E-state index in [0.29, 0.717) is 16.4 Å². The molecule has 1 aliphatic rings. The maximum absolute atomic E-state index is 12.5. The van der Waals surface area contributed by atoms with E-state index in [1.54, 1.807) is 12.3 Å². The van der Waals surface area contributed by atoms with Crippen molar-refractivity contribution >= 4 is 28.9 Å². The topological polar surface area (TPSA) is 63.2 Å². The Bertz CT molecular complexity index is 750. The third-order valence-corrected chi connectivity index (χ3v) is 4.52. The number of hydrogen-bond donors (Lipinski definition) is 2. The van der Waals surface area contributed by atoms with Gasteiger partial charge < -0.3 is 15.4 Å². The summed E-state index contributed by atoms with van der Waals surface area (Å²) in [6.45, 7) is 5.44. The number of pyridine rings is 1. The van der Waals surface area contributed by atoms with E-state index in [4.69, 9.17) is 16.3 Å². The summed E-state index contributed by atoms with van der Waals surface area (Å²) in [6, 6.07) is 7.39. The van der Waals surface area contributed by atoms with Crippen LogP contribution < -0.4 is 10.6 Å². The highest BCUT2D eigenvalue weighted by Gasteiger charge is 2.16. The van der Waals surface area contributed by atoms with Crippen LogP contribution >= 0.6 is 11.6 Å². The molecule has 0 aliphatic carbocycles. The normalized spacial score (nSPS) is 16.7. The van der Waals surface area contributed by atoms with Gasteiger partial charge in [-0.1, -0.05) is 17.7 Å². The van der Waals surface area contributed by atoms with E-state index < -0.39 is 0 Å². The number of nitrogens with one attached hydrogen (secondary N) is 2. The number of aryl methyl sites for hydroxylation is 2. The Hall–Kier alpha value is -2.11. The zero-order valence-corrected chi connectivity index (χ0v) is 15.2. The van der Waals surface area contributed by atoms with Gasteiger partial charge in [0.25, 0.3) is 5.91 Å². The number of aromatic nitrogens is 1. The lowest BCUT2D eigenvalue weighted by atomic mass is 10.1. The summed E-state index contributed by atoms with van der Waals surface area (Å²) in [5, 5.41) is 6.69. The first-order valence-corrected chi connectivity index (χ1v) is 8.80. The van der Waals surface area contributed by atoms with Crippen molar-refractivity contribution in [3.8, 4) is 0 Å². The van der Waals surface area contributed by atoms with Gasteiger partial charge in [0.1, 0.15) is 5.69 Å². The van der Waals surface area contributed by atoms with Gasteiger partial charge in [-0.25, -0.2) is 0 Å². The van der Waals surface area contributed by atoms with Gasteiger partial charge in [-0.05, 0) is 56.0 Å². The SMILES string of the molecule is Cc1cc(C)c(NC(=O)c2cc(NCC3CCCO3)ccn2)c(Cl)c1. The fourth-order valence-electron chi connectivity index (χ4n) is 2.95. The van der Waals surface area contributed by atoms with Crippen molar-refractivity contribution in [1.29, 1.82) is 0 Å². The average Bonchev–Trinajstić information content (AvgIpc) is 3.10. The number of halogens is 1. The molecule has 2 N–H and O–H groups in total. The smallest absolute Gasteiger partial charge is 0.274 e. The Balaban J connectivity index is 1.69. The monoisotopic (exact) mass is 359 g/mol. The third kappa shape index (κ3) is 4.50. The van der Waals surface area contributed by atoms with E-state index >= 15 is 0 Å². The van der Waals surface area contributed by atoms with Gasteiger partial charge in [-0.15, -0.1) is 0 Å². The largest absolute Gasteiger partial charge is 0.382 e. The summed E-state index contributed by atoms with van der Waals surface area (Å²) in [6.07, 6.45) is 4.03. The molecule has 3 rings (SSSR count). The molecular formula is C19H22ClN3O2. The van der Waals surface area contributed by atoms with Crippen molar-refractivity contribution < 1.29 is 9.53 Å². The van der Waals surface area contributed by atoms with Crippen molar-refractivity contribution in [3.63, 3.8) is 0 Å². The zero-order chi connectivity index (χ0) is 17.8. The number of nitrogens with zero attached hydrogens (tertiary/aromatic N) is 1. The lowest BCUT2D eigenvalue weighted by Crippen LogP contribution is -2.19. The molecule has 25 heavy (non-hydrogen) atoms. The minimum atomic E-state index is -0.283. The number of carbonyl (C=O) groups excluding carboxylic acids is 1. The first-order valence-electron chi connectivity index (χ1n) is 8.42. The van der Waals surface area contributed by atoms with Crippen LogP contribution in [0.25, 0.3) is 0 Å². The summed E-state index contributed by atoms with van der Waals surface area (Å²) in [5.41, 5.74) is 3.79. The molecule has 0 spiro atoms. The van der Waals surface area contributed by atoms with Gasteiger partial charge in [0.05, 0.1) is 16.8 Å². The van der Waals surface area contributed by atoms with Crippen molar-refractivity contribution in [2.45, 2.75) is 32.8 Å². The fraction of sp³-hybridized carbons (Fsp3) is 0.368. The van der Waals surface area contributed by atoms with Crippen LogP contribution in [-0.4, -0.2) is 30.1 Å². The quantitative estimate of drug-likeness (QED) is 0.840. The number of rotatable bonds is 5. The fourth-order valence-corrected chi connectivity index (χ4v) is 3.32. The van der Waals surface area contributed by atoms with Gasteiger partial charge in [0.2, 0.25) is 0 Å². The number of hydrogen-bond acceptors (Lipinski definition) is 4. The third-order valence-electron chi connectivity index (χ3n) is 4.22. The molecule has 1 saturated heterocycles. The van der Waals surface area contributed by atoms with Crippen molar-refractivity contribution in [2.24, 2.45) is 0 Å². The average molecular weight is 360 g/mol. The summed E-state index contributed by atoms with van der Waals surface area (Å²) >= 11 is 6.26. The number of anilines is 2. The Morgan fingerprint density at radius 3 is 2.92 bits per heavy atom. The summed E-state index contributed by atoms with van der Waals surface area (Å²) in [5.74, 6) is -0.283. The van der Waals surface area contributed by atoms with E-state index in [1.165, 1.54) is 0 Å². The molecule has 5 nitrogen and oxygen atoms in total. The van der Waals surface area contributed by atoms with E-state index in [1.807, 2.05) is 32.0 Å². The molecule has 1 aliphatic heterocycles. The molecule has 1 aromatic carbocycles. The zero-order valence-electron chi connectivity index (χ0n) is 14.4. The van der Waals surface area contributed by atoms with Crippen LogP contribution in [0.5, 0.6) is 0 Å². The summed E-state index contributed by atoms with van der Waals surface area (Å²) < 4.78 is 5.60. The van der Waals surface area contributed by atoms with Crippen LogP contribution in [0.4, 0.5) is 11.4 Å². The number of carbonyl (C=O) groups is 1. The van der Waals surface area contributed by atoms with E-state index in [9.17, 15) is 4.79 Å². The molecule has 6 heteroatoms. The molecule has 132 valence electrons. The van der Waals surface area contributed by atoms with Gasteiger partial charge in [0.15, 0.2) is 0 Å². The van der Waals surface area contributed by atoms with Gasteiger partial charge >= 0.3 is 0 Å². The second-order valence-electron chi connectivity index (χ2n) is 6.34. The Morgan fingerprint density at radius 1 is 1.36 bits per heavy atom. The second-order valence-corrected chi connectivity index (χ2v) is 6.75. The molecule has 0 radical (unpaired) electrons. The second kappa shape index (κ2) is 7.85. The molecular weight excluding hydrogens is 338 g/mol. The molecule has 0 saturated carbocycles. The lowest BCUT2D eigenvalue weighted by Gasteiger charge is -2.13. The number of amides is 1. The van der Waals surface area contributed by atoms with Crippen molar-refractivity contribution in [3.05, 3.63) is 52.3 Å². The van der Waals surface area contributed by atoms with E-state index in [-0.39, 0.29) is 12.0 Å². The lowest BCUT2D eigenvalue weighted by molar-refractivity contribution is 0.102. The number of benzene rings is 1. The highest BCUT2D eigenvalue weighted by Crippen LogP contribution is 2.27. The molecule has 1 unspecified atom stereocenters. The summed E-state index contributed by atoms with van der Waals surface area (Å²) in [4.78, 5) is 16.7. The molecule has 1 amide bonds. The molecule has 1 aromatic heterocycles. The number of ether oxygens (including phenoxy) is 1. The minimum Gasteiger partial charge on any atom is -0.382 e.